The monoisotopic (exact) mass is 476 g/mol. The Kier molecular flexibility index (Phi) is 12.2. The summed E-state index contributed by atoms with van der Waals surface area (Å²) in [5.74, 6) is 1.44. The Balaban J connectivity index is 1.33. The van der Waals surface area contributed by atoms with E-state index >= 15 is 0 Å². The second-order valence-corrected chi connectivity index (χ2v) is 11.4. The van der Waals surface area contributed by atoms with Crippen molar-refractivity contribution < 1.29 is 13.5 Å². The minimum atomic E-state index is -0.799. The minimum absolute atomic E-state index is 0.0644. The molecule has 1 nitrogen and oxygen atoms in total. The topological polar surface area (TPSA) is 9.23 Å². The van der Waals surface area contributed by atoms with Gasteiger partial charge in [-0.1, -0.05) is 103 Å². The first-order chi connectivity index (χ1) is 16.6. The Bertz CT molecular complexity index is 687. The number of unbranched alkanes of at least 4 members (excludes halogenated alkanes) is 5. The Morgan fingerprint density at radius 2 is 1.21 bits per heavy atom. The van der Waals surface area contributed by atoms with E-state index in [2.05, 4.69) is 13.8 Å². The lowest BCUT2D eigenvalue weighted by Crippen LogP contribution is -2.18. The van der Waals surface area contributed by atoms with E-state index in [1.54, 1.807) is 12.1 Å². The van der Waals surface area contributed by atoms with Crippen LogP contribution in [0.5, 0.6) is 5.75 Å². The molecule has 34 heavy (non-hydrogen) atoms. The van der Waals surface area contributed by atoms with Gasteiger partial charge in [0, 0.05) is 0 Å². The minimum Gasteiger partial charge on any atom is -0.490 e. The van der Waals surface area contributed by atoms with Gasteiger partial charge in [0.2, 0.25) is 5.82 Å². The average molecular weight is 477 g/mol. The summed E-state index contributed by atoms with van der Waals surface area (Å²) >= 11 is 0. The van der Waals surface area contributed by atoms with Crippen LogP contribution in [0.25, 0.3) is 0 Å². The van der Waals surface area contributed by atoms with Crippen LogP contribution in [0.2, 0.25) is 0 Å². The lowest BCUT2D eigenvalue weighted by Gasteiger charge is -2.32. The third-order valence-electron chi connectivity index (χ3n) is 8.78. The third-order valence-corrected chi connectivity index (χ3v) is 8.78. The highest BCUT2D eigenvalue weighted by molar-refractivity contribution is 5.33. The molecule has 3 heteroatoms. The largest absolute Gasteiger partial charge is 0.490 e. The summed E-state index contributed by atoms with van der Waals surface area (Å²) < 4.78 is 34.7. The van der Waals surface area contributed by atoms with Crippen LogP contribution in [0.15, 0.2) is 12.1 Å². The maximum atomic E-state index is 14.8. The number of hydrogen-bond donors (Lipinski definition) is 0. The molecule has 1 aromatic rings. The lowest BCUT2D eigenvalue weighted by atomic mass is 9.74. The quantitative estimate of drug-likeness (QED) is 0.243. The summed E-state index contributed by atoms with van der Waals surface area (Å²) in [4.78, 5) is 0. The molecule has 2 aliphatic carbocycles. The van der Waals surface area contributed by atoms with Gasteiger partial charge in [0.1, 0.15) is 0 Å². The van der Waals surface area contributed by atoms with Crippen molar-refractivity contribution in [2.45, 2.75) is 135 Å². The van der Waals surface area contributed by atoms with Gasteiger partial charge < -0.3 is 4.74 Å². The van der Waals surface area contributed by atoms with Crippen LogP contribution in [-0.4, -0.2) is 6.61 Å². The fourth-order valence-electron chi connectivity index (χ4n) is 6.38. The molecule has 0 unspecified atom stereocenters. The predicted octanol–water partition coefficient (Wildman–Crippen LogP) is 10.4. The number of benzene rings is 1. The van der Waals surface area contributed by atoms with Crippen LogP contribution in [0, 0.1) is 29.4 Å². The first kappa shape index (κ1) is 27.5. The van der Waals surface area contributed by atoms with Crippen molar-refractivity contribution in [3.05, 3.63) is 29.3 Å². The zero-order valence-electron chi connectivity index (χ0n) is 22.1. The lowest BCUT2D eigenvalue weighted by molar-refractivity contribution is 0.221. The summed E-state index contributed by atoms with van der Waals surface area (Å²) in [5.41, 5.74) is 0.562. The van der Waals surface area contributed by atoms with E-state index in [9.17, 15) is 8.78 Å². The van der Waals surface area contributed by atoms with E-state index in [1.165, 1.54) is 77.0 Å². The number of ether oxygens (including phenoxy) is 1. The summed E-state index contributed by atoms with van der Waals surface area (Å²) in [6.07, 6.45) is 23.1. The Labute approximate surface area is 208 Å². The van der Waals surface area contributed by atoms with Crippen LogP contribution < -0.4 is 4.74 Å². The van der Waals surface area contributed by atoms with Gasteiger partial charge in [-0.05, 0) is 67.4 Å². The smallest absolute Gasteiger partial charge is 0.200 e. The van der Waals surface area contributed by atoms with Crippen LogP contribution in [0.1, 0.15) is 141 Å². The van der Waals surface area contributed by atoms with Crippen LogP contribution in [0.3, 0.4) is 0 Å². The molecular formula is C31H50F2O. The van der Waals surface area contributed by atoms with E-state index in [-0.39, 0.29) is 11.7 Å². The van der Waals surface area contributed by atoms with Gasteiger partial charge in [-0.15, -0.1) is 0 Å². The van der Waals surface area contributed by atoms with Crippen molar-refractivity contribution >= 4 is 0 Å². The molecule has 1 aromatic carbocycles. The maximum Gasteiger partial charge on any atom is 0.200 e. The first-order valence-electron chi connectivity index (χ1n) is 14.7. The van der Waals surface area contributed by atoms with Gasteiger partial charge in [0.15, 0.2) is 11.6 Å². The SMILES string of the molecule is CCCCCCCC1CCC(CCC2CCC(c3ccc(OCCCC)c(F)c3F)CC2)CC1. The molecule has 0 aromatic heterocycles. The van der Waals surface area contributed by atoms with Gasteiger partial charge in [0.25, 0.3) is 0 Å². The molecule has 0 saturated heterocycles. The fourth-order valence-corrected chi connectivity index (χ4v) is 6.38. The molecule has 0 atom stereocenters. The van der Waals surface area contributed by atoms with Crippen LogP contribution in [0.4, 0.5) is 8.78 Å². The van der Waals surface area contributed by atoms with Crippen molar-refractivity contribution in [3.63, 3.8) is 0 Å². The van der Waals surface area contributed by atoms with Crippen molar-refractivity contribution in [1.82, 2.24) is 0 Å². The molecule has 2 saturated carbocycles. The first-order valence-corrected chi connectivity index (χ1v) is 14.7. The van der Waals surface area contributed by atoms with E-state index < -0.39 is 11.6 Å². The van der Waals surface area contributed by atoms with Gasteiger partial charge >= 0.3 is 0 Å². The van der Waals surface area contributed by atoms with Gasteiger partial charge in [-0.3, -0.25) is 0 Å². The van der Waals surface area contributed by atoms with E-state index in [1.807, 2.05) is 0 Å². The van der Waals surface area contributed by atoms with Gasteiger partial charge in [-0.25, -0.2) is 4.39 Å². The Hall–Kier alpha value is -1.12. The molecule has 0 aliphatic heterocycles. The summed E-state index contributed by atoms with van der Waals surface area (Å²) in [6, 6.07) is 3.41. The molecule has 2 fully saturated rings. The molecular weight excluding hydrogens is 426 g/mol. The Morgan fingerprint density at radius 3 is 1.82 bits per heavy atom. The van der Waals surface area contributed by atoms with E-state index in [0.29, 0.717) is 12.2 Å². The average Bonchev–Trinajstić information content (AvgIpc) is 2.86. The highest BCUT2D eigenvalue weighted by atomic mass is 19.2. The second kappa shape index (κ2) is 15.1. The normalized spacial score (nSPS) is 25.4. The van der Waals surface area contributed by atoms with Crippen LogP contribution in [-0.2, 0) is 0 Å². The standard InChI is InChI=1S/C31H50F2O/c1-3-5-7-8-9-10-24-11-13-25(14-12-24)15-16-26-17-19-27(20-18-26)28-21-22-29(31(33)30(28)32)34-23-6-4-2/h21-22,24-27H,3-20,23H2,1-2H3. The molecule has 2 aliphatic rings. The molecule has 0 amide bonds. The molecule has 3 rings (SSSR count). The molecule has 0 heterocycles. The van der Waals surface area contributed by atoms with Gasteiger partial charge in [0.05, 0.1) is 6.61 Å². The summed E-state index contributed by atoms with van der Waals surface area (Å²) in [5, 5.41) is 0. The van der Waals surface area contributed by atoms with Crippen molar-refractivity contribution in [1.29, 1.82) is 0 Å². The zero-order chi connectivity index (χ0) is 24.2. The molecule has 0 bridgehead atoms. The van der Waals surface area contributed by atoms with Gasteiger partial charge in [-0.2, -0.15) is 4.39 Å². The number of halogens is 2. The van der Waals surface area contributed by atoms with Crippen LogP contribution >= 0.6 is 0 Å². The van der Waals surface area contributed by atoms with E-state index in [4.69, 9.17) is 4.74 Å². The fraction of sp³-hybridized carbons (Fsp3) is 0.806. The third kappa shape index (κ3) is 8.52. The van der Waals surface area contributed by atoms with Crippen molar-refractivity contribution in [2.24, 2.45) is 17.8 Å². The summed E-state index contributed by atoms with van der Waals surface area (Å²) in [6.45, 7) is 4.79. The predicted molar refractivity (Wildman–Crippen MR) is 140 cm³/mol. The summed E-state index contributed by atoms with van der Waals surface area (Å²) in [7, 11) is 0. The van der Waals surface area contributed by atoms with Crippen molar-refractivity contribution in [3.8, 4) is 5.75 Å². The molecule has 194 valence electrons. The van der Waals surface area contributed by atoms with E-state index in [0.717, 1.165) is 56.3 Å². The zero-order valence-corrected chi connectivity index (χ0v) is 22.1. The second-order valence-electron chi connectivity index (χ2n) is 11.4. The molecule has 0 spiro atoms. The number of rotatable bonds is 14. The Morgan fingerprint density at radius 1 is 0.647 bits per heavy atom. The maximum absolute atomic E-state index is 14.8. The van der Waals surface area contributed by atoms with Crippen molar-refractivity contribution in [2.75, 3.05) is 6.61 Å². The number of hydrogen-bond acceptors (Lipinski definition) is 1. The molecule has 0 radical (unpaired) electrons. The highest BCUT2D eigenvalue weighted by Gasteiger charge is 2.28. The molecule has 0 N–H and O–H groups in total. The highest BCUT2D eigenvalue weighted by Crippen LogP contribution is 2.41.